The number of halogens is 3. The number of carbonyl (C=O) groups is 3. The number of anilines is 2. The molecule has 1 atom stereocenters. The average molecular weight is 446 g/mol. The molecule has 0 aromatic heterocycles. The SMILES string of the molecule is NNC(=O)N1CCN(c2ccc(N3C[C@H](CNC(=O)C(F)F)OC3=O)cc2F)CCO1. The van der Waals surface area contributed by atoms with Gasteiger partial charge in [0.25, 0.3) is 5.91 Å². The highest BCUT2D eigenvalue weighted by Crippen LogP contribution is 2.28. The van der Waals surface area contributed by atoms with Crippen molar-refractivity contribution in [3.8, 4) is 0 Å². The molecular formula is C17H21F3N6O5. The minimum atomic E-state index is -3.17. The van der Waals surface area contributed by atoms with Crippen LogP contribution in [0.15, 0.2) is 18.2 Å². The van der Waals surface area contributed by atoms with Gasteiger partial charge in [0, 0.05) is 13.1 Å². The molecule has 2 aliphatic heterocycles. The average Bonchev–Trinajstić information content (AvgIpc) is 2.95. The minimum Gasteiger partial charge on any atom is -0.442 e. The maximum atomic E-state index is 14.8. The number of rotatable bonds is 5. The number of benzene rings is 1. The largest absolute Gasteiger partial charge is 0.442 e. The van der Waals surface area contributed by atoms with Gasteiger partial charge in [-0.15, -0.1) is 0 Å². The van der Waals surface area contributed by atoms with Crippen LogP contribution in [0.5, 0.6) is 0 Å². The quantitative estimate of drug-likeness (QED) is 0.334. The molecule has 0 aliphatic carbocycles. The Morgan fingerprint density at radius 1 is 1.26 bits per heavy atom. The predicted molar refractivity (Wildman–Crippen MR) is 101 cm³/mol. The zero-order valence-electron chi connectivity index (χ0n) is 16.2. The van der Waals surface area contributed by atoms with Crippen LogP contribution in [-0.2, 0) is 14.4 Å². The van der Waals surface area contributed by atoms with Crippen LogP contribution in [0, 0.1) is 5.82 Å². The second kappa shape index (κ2) is 9.70. The normalized spacial score (nSPS) is 19.3. The first-order valence-corrected chi connectivity index (χ1v) is 9.29. The van der Waals surface area contributed by atoms with Crippen molar-refractivity contribution in [3.05, 3.63) is 24.0 Å². The number of ether oxygens (including phenoxy) is 1. The molecule has 31 heavy (non-hydrogen) atoms. The van der Waals surface area contributed by atoms with Crippen LogP contribution in [0.3, 0.4) is 0 Å². The van der Waals surface area contributed by atoms with Crippen molar-refractivity contribution < 1.29 is 37.1 Å². The standard InChI is InChI=1S/C17H21F3N6O5/c18-12-7-10(25-9-11(31-17(25)29)8-22-15(27)14(19)20)1-2-13(12)24-3-4-26(16(28)23-21)30-6-5-24/h1-2,7,11,14H,3-6,8-9,21H2,(H,22,27)(H,23,28)/t11-/m0/s1. The first kappa shape index (κ1) is 22.4. The molecule has 4 amide bonds. The number of hydroxylamine groups is 2. The van der Waals surface area contributed by atoms with Gasteiger partial charge in [0.1, 0.15) is 11.9 Å². The van der Waals surface area contributed by atoms with Gasteiger partial charge in [0.05, 0.1) is 37.6 Å². The van der Waals surface area contributed by atoms with E-state index in [0.717, 1.165) is 16.0 Å². The maximum Gasteiger partial charge on any atom is 0.414 e. The van der Waals surface area contributed by atoms with E-state index >= 15 is 0 Å². The number of nitrogens with two attached hydrogens (primary N) is 1. The molecule has 2 heterocycles. The highest BCUT2D eigenvalue weighted by atomic mass is 19.3. The van der Waals surface area contributed by atoms with Crippen molar-refractivity contribution in [2.75, 3.05) is 49.1 Å². The van der Waals surface area contributed by atoms with E-state index in [1.807, 2.05) is 10.7 Å². The fourth-order valence-corrected chi connectivity index (χ4v) is 3.17. The third-order valence-electron chi connectivity index (χ3n) is 4.69. The van der Waals surface area contributed by atoms with Gasteiger partial charge in [-0.3, -0.25) is 20.0 Å². The van der Waals surface area contributed by atoms with Crippen LogP contribution in [0.4, 0.5) is 34.1 Å². The molecule has 1 aromatic rings. The second-order valence-corrected chi connectivity index (χ2v) is 6.67. The zero-order valence-corrected chi connectivity index (χ0v) is 16.2. The summed E-state index contributed by atoms with van der Waals surface area (Å²) < 4.78 is 44.3. The molecule has 2 fully saturated rings. The highest BCUT2D eigenvalue weighted by molar-refractivity contribution is 5.90. The van der Waals surface area contributed by atoms with Crippen molar-refractivity contribution in [1.29, 1.82) is 0 Å². The van der Waals surface area contributed by atoms with E-state index in [-0.39, 0.29) is 44.2 Å². The van der Waals surface area contributed by atoms with Crippen LogP contribution < -0.4 is 26.4 Å². The molecule has 170 valence electrons. The van der Waals surface area contributed by atoms with Crippen molar-refractivity contribution in [3.63, 3.8) is 0 Å². The van der Waals surface area contributed by atoms with Crippen molar-refractivity contribution in [2.45, 2.75) is 12.5 Å². The number of cyclic esters (lactones) is 1. The van der Waals surface area contributed by atoms with Gasteiger partial charge in [-0.1, -0.05) is 0 Å². The van der Waals surface area contributed by atoms with Crippen molar-refractivity contribution in [2.24, 2.45) is 5.84 Å². The summed E-state index contributed by atoms with van der Waals surface area (Å²) in [6.07, 6.45) is -4.80. The number of alkyl halides is 2. The summed E-state index contributed by atoms with van der Waals surface area (Å²) in [5.74, 6) is 3.00. The summed E-state index contributed by atoms with van der Waals surface area (Å²) in [4.78, 5) is 42.7. The molecule has 2 saturated heterocycles. The summed E-state index contributed by atoms with van der Waals surface area (Å²) in [7, 11) is 0. The smallest absolute Gasteiger partial charge is 0.414 e. The second-order valence-electron chi connectivity index (χ2n) is 6.67. The Morgan fingerprint density at radius 3 is 2.71 bits per heavy atom. The first-order chi connectivity index (χ1) is 14.8. The zero-order chi connectivity index (χ0) is 22.5. The number of amides is 4. The van der Waals surface area contributed by atoms with Gasteiger partial charge in [-0.2, -0.15) is 8.78 Å². The lowest BCUT2D eigenvalue weighted by Crippen LogP contribution is -2.44. The molecule has 0 spiro atoms. The summed E-state index contributed by atoms with van der Waals surface area (Å²) in [5.41, 5.74) is 2.41. The van der Waals surface area contributed by atoms with E-state index in [2.05, 4.69) is 0 Å². The van der Waals surface area contributed by atoms with Gasteiger partial charge in [-0.05, 0) is 18.2 Å². The van der Waals surface area contributed by atoms with Gasteiger partial charge in [0.15, 0.2) is 0 Å². The Hall–Kier alpha value is -3.26. The van der Waals surface area contributed by atoms with E-state index in [1.165, 1.54) is 12.1 Å². The van der Waals surface area contributed by atoms with Crippen LogP contribution in [0.2, 0.25) is 0 Å². The van der Waals surface area contributed by atoms with Crippen LogP contribution in [0.1, 0.15) is 0 Å². The Morgan fingerprint density at radius 2 is 2.03 bits per heavy atom. The Balaban J connectivity index is 1.63. The van der Waals surface area contributed by atoms with Gasteiger partial charge in [-0.25, -0.2) is 24.9 Å². The van der Waals surface area contributed by atoms with E-state index in [0.29, 0.717) is 6.54 Å². The molecule has 3 rings (SSSR count). The fraction of sp³-hybridized carbons (Fsp3) is 0.471. The lowest BCUT2D eigenvalue weighted by atomic mass is 10.2. The van der Waals surface area contributed by atoms with E-state index in [1.54, 1.807) is 4.90 Å². The highest BCUT2D eigenvalue weighted by Gasteiger charge is 2.33. The third kappa shape index (κ3) is 5.27. The third-order valence-corrected chi connectivity index (χ3v) is 4.69. The van der Waals surface area contributed by atoms with E-state index < -0.39 is 36.4 Å². The maximum absolute atomic E-state index is 14.8. The Labute approximate surface area is 174 Å². The number of hydrogen-bond donors (Lipinski definition) is 3. The molecule has 11 nitrogen and oxygen atoms in total. The molecule has 0 unspecified atom stereocenters. The van der Waals surface area contributed by atoms with E-state index in [4.69, 9.17) is 15.4 Å². The number of urea groups is 1. The minimum absolute atomic E-state index is 0.0398. The van der Waals surface area contributed by atoms with Crippen molar-refractivity contribution in [1.82, 2.24) is 15.8 Å². The van der Waals surface area contributed by atoms with Gasteiger partial charge < -0.3 is 15.0 Å². The van der Waals surface area contributed by atoms with Gasteiger partial charge in [0.2, 0.25) is 0 Å². The lowest BCUT2D eigenvalue weighted by molar-refractivity contribution is -0.132. The monoisotopic (exact) mass is 446 g/mol. The molecule has 14 heteroatoms. The summed E-state index contributed by atoms with van der Waals surface area (Å²) >= 11 is 0. The molecule has 1 aromatic carbocycles. The van der Waals surface area contributed by atoms with Crippen LogP contribution in [0.25, 0.3) is 0 Å². The van der Waals surface area contributed by atoms with E-state index in [9.17, 15) is 27.6 Å². The number of carbonyl (C=O) groups excluding carboxylic acids is 3. The molecule has 0 bridgehead atoms. The number of nitrogens with zero attached hydrogens (tertiary/aromatic N) is 3. The molecule has 0 saturated carbocycles. The Kier molecular flexibility index (Phi) is 7.02. The Bertz CT molecular complexity index is 844. The molecule has 0 radical (unpaired) electrons. The van der Waals surface area contributed by atoms with Gasteiger partial charge >= 0.3 is 18.5 Å². The topological polar surface area (TPSA) is 129 Å². The summed E-state index contributed by atoms with van der Waals surface area (Å²) in [5, 5.41) is 3.02. The lowest BCUT2D eigenvalue weighted by Gasteiger charge is -2.23. The predicted octanol–water partition coefficient (Wildman–Crippen LogP) is 0.169. The number of hydrogen-bond acceptors (Lipinski definition) is 7. The molecule has 2 aliphatic rings. The number of nitrogens with one attached hydrogen (secondary N) is 2. The fourth-order valence-electron chi connectivity index (χ4n) is 3.17. The molecular weight excluding hydrogens is 425 g/mol. The summed E-state index contributed by atoms with van der Waals surface area (Å²) in [6.45, 7) is 0.534. The summed E-state index contributed by atoms with van der Waals surface area (Å²) in [6, 6.07) is 3.51. The molecule has 4 N–H and O–H groups in total. The number of hydrazine groups is 1. The van der Waals surface area contributed by atoms with Crippen LogP contribution >= 0.6 is 0 Å². The van der Waals surface area contributed by atoms with Crippen LogP contribution in [-0.4, -0.2) is 75.0 Å². The van der Waals surface area contributed by atoms with Crippen molar-refractivity contribution >= 4 is 29.4 Å². The first-order valence-electron chi connectivity index (χ1n) is 9.29.